The molecule has 32 heavy (non-hydrogen) atoms. The molecule has 0 saturated heterocycles. The summed E-state index contributed by atoms with van der Waals surface area (Å²) in [6, 6.07) is 15.4. The molecule has 9 heteroatoms. The monoisotopic (exact) mass is 448 g/mol. The molecule has 0 saturated carbocycles. The number of halogens is 6. The average molecular weight is 448 g/mol. The second-order valence-electron chi connectivity index (χ2n) is 6.85. The van der Waals surface area contributed by atoms with Gasteiger partial charge in [0.2, 0.25) is 0 Å². The SMILES string of the molecule is FC(F)(F)Oc1ccccc1-c1ccc2[nH]c(C=Cc3ccc(C(F)(F)F)cc3)nc2c1. The molecule has 0 atom stereocenters. The number of hydrogen-bond donors (Lipinski definition) is 1. The fraction of sp³-hybridized carbons (Fsp3) is 0.0870. The first-order valence-corrected chi connectivity index (χ1v) is 9.29. The Bertz CT molecular complexity index is 1270. The van der Waals surface area contributed by atoms with Gasteiger partial charge in [0.25, 0.3) is 0 Å². The van der Waals surface area contributed by atoms with Gasteiger partial charge in [-0.3, -0.25) is 0 Å². The molecule has 1 aromatic heterocycles. The number of fused-ring (bicyclic) bond motifs is 1. The van der Waals surface area contributed by atoms with Gasteiger partial charge < -0.3 is 9.72 Å². The molecule has 1 heterocycles. The topological polar surface area (TPSA) is 37.9 Å². The molecule has 0 fully saturated rings. The lowest BCUT2D eigenvalue weighted by Gasteiger charge is -2.13. The van der Waals surface area contributed by atoms with Crippen LogP contribution in [0.2, 0.25) is 0 Å². The summed E-state index contributed by atoms with van der Waals surface area (Å²) in [5.41, 5.74) is 1.73. The van der Waals surface area contributed by atoms with E-state index in [1.807, 2.05) is 0 Å². The molecule has 164 valence electrons. The number of aromatic nitrogens is 2. The average Bonchev–Trinajstić information content (AvgIpc) is 3.13. The molecule has 4 aromatic rings. The highest BCUT2D eigenvalue weighted by Gasteiger charge is 2.32. The Morgan fingerprint density at radius 1 is 0.812 bits per heavy atom. The van der Waals surface area contributed by atoms with Gasteiger partial charge in [0.05, 0.1) is 16.6 Å². The predicted octanol–water partition coefficient (Wildman–Crippen LogP) is 7.32. The van der Waals surface area contributed by atoms with E-state index >= 15 is 0 Å². The maximum atomic E-state index is 12.7. The minimum Gasteiger partial charge on any atom is -0.405 e. The van der Waals surface area contributed by atoms with Crippen LogP contribution in [0.5, 0.6) is 5.75 Å². The number of alkyl halides is 6. The number of rotatable bonds is 4. The molecule has 3 aromatic carbocycles. The molecule has 0 unspecified atom stereocenters. The highest BCUT2D eigenvalue weighted by Crippen LogP contribution is 2.35. The summed E-state index contributed by atoms with van der Waals surface area (Å²) in [5.74, 6) is 0.120. The van der Waals surface area contributed by atoms with Crippen molar-refractivity contribution in [3.8, 4) is 16.9 Å². The minimum absolute atomic E-state index is 0.261. The normalized spacial score (nSPS) is 12.6. The van der Waals surface area contributed by atoms with Crippen molar-refractivity contribution in [1.29, 1.82) is 0 Å². The van der Waals surface area contributed by atoms with Crippen molar-refractivity contribution in [1.82, 2.24) is 9.97 Å². The van der Waals surface area contributed by atoms with Crippen molar-refractivity contribution in [2.75, 3.05) is 0 Å². The molecule has 0 bridgehead atoms. The molecule has 0 radical (unpaired) electrons. The Balaban J connectivity index is 1.60. The number of para-hydroxylation sites is 1. The lowest BCUT2D eigenvalue weighted by atomic mass is 10.0. The van der Waals surface area contributed by atoms with Crippen molar-refractivity contribution in [2.24, 2.45) is 0 Å². The van der Waals surface area contributed by atoms with E-state index in [2.05, 4.69) is 14.7 Å². The third-order valence-electron chi connectivity index (χ3n) is 4.60. The Morgan fingerprint density at radius 2 is 1.53 bits per heavy atom. The van der Waals surface area contributed by atoms with Crippen LogP contribution in [0.4, 0.5) is 26.3 Å². The summed E-state index contributed by atoms with van der Waals surface area (Å²) in [7, 11) is 0. The predicted molar refractivity (Wildman–Crippen MR) is 109 cm³/mol. The Labute approximate surface area is 178 Å². The van der Waals surface area contributed by atoms with E-state index in [0.29, 0.717) is 28.0 Å². The number of ether oxygens (including phenoxy) is 1. The number of aromatic amines is 1. The summed E-state index contributed by atoms with van der Waals surface area (Å²) < 4.78 is 80.2. The summed E-state index contributed by atoms with van der Waals surface area (Å²) in [6.45, 7) is 0. The first-order valence-electron chi connectivity index (χ1n) is 9.29. The Hall–Kier alpha value is -3.75. The molecule has 0 amide bonds. The quantitative estimate of drug-likeness (QED) is 0.332. The molecule has 4 rings (SSSR count). The summed E-state index contributed by atoms with van der Waals surface area (Å²) >= 11 is 0. The molecule has 3 nitrogen and oxygen atoms in total. The maximum absolute atomic E-state index is 12.7. The van der Waals surface area contributed by atoms with Crippen LogP contribution in [-0.4, -0.2) is 16.3 Å². The van der Waals surface area contributed by atoms with Crippen LogP contribution in [0.1, 0.15) is 17.0 Å². The molecule has 0 aliphatic heterocycles. The van der Waals surface area contributed by atoms with Crippen molar-refractivity contribution < 1.29 is 31.1 Å². The van der Waals surface area contributed by atoms with Crippen molar-refractivity contribution in [2.45, 2.75) is 12.5 Å². The fourth-order valence-electron chi connectivity index (χ4n) is 3.15. The van der Waals surface area contributed by atoms with Crippen LogP contribution in [0.25, 0.3) is 34.3 Å². The largest absolute Gasteiger partial charge is 0.573 e. The van der Waals surface area contributed by atoms with Crippen molar-refractivity contribution in [3.63, 3.8) is 0 Å². The molecule has 0 spiro atoms. The van der Waals surface area contributed by atoms with Crippen LogP contribution in [0.3, 0.4) is 0 Å². The maximum Gasteiger partial charge on any atom is 0.573 e. The minimum atomic E-state index is -4.82. The van der Waals surface area contributed by atoms with E-state index in [0.717, 1.165) is 12.1 Å². The van der Waals surface area contributed by atoms with Gasteiger partial charge in [0, 0.05) is 5.56 Å². The second kappa shape index (κ2) is 8.07. The van der Waals surface area contributed by atoms with Gasteiger partial charge in [-0.1, -0.05) is 42.5 Å². The van der Waals surface area contributed by atoms with Gasteiger partial charge in [-0.2, -0.15) is 13.2 Å². The van der Waals surface area contributed by atoms with Gasteiger partial charge in [-0.15, -0.1) is 13.2 Å². The van der Waals surface area contributed by atoms with E-state index in [9.17, 15) is 26.3 Å². The number of hydrogen-bond acceptors (Lipinski definition) is 2. The van der Waals surface area contributed by atoms with Crippen LogP contribution in [0, 0.1) is 0 Å². The third kappa shape index (κ3) is 4.93. The fourth-order valence-corrected chi connectivity index (χ4v) is 3.15. The summed E-state index contributed by atoms with van der Waals surface area (Å²) in [5, 5.41) is 0. The Morgan fingerprint density at radius 3 is 2.22 bits per heavy atom. The first kappa shape index (κ1) is 21.5. The van der Waals surface area contributed by atoms with Gasteiger partial charge >= 0.3 is 12.5 Å². The van der Waals surface area contributed by atoms with E-state index in [1.54, 1.807) is 36.4 Å². The van der Waals surface area contributed by atoms with Crippen molar-refractivity contribution in [3.05, 3.63) is 83.7 Å². The van der Waals surface area contributed by atoms with Crippen molar-refractivity contribution >= 4 is 23.2 Å². The first-order chi connectivity index (χ1) is 15.1. The third-order valence-corrected chi connectivity index (χ3v) is 4.60. The Kier molecular flexibility index (Phi) is 5.41. The molecule has 0 aliphatic rings. The van der Waals surface area contributed by atoms with Gasteiger partial charge in [-0.05, 0) is 47.5 Å². The second-order valence-corrected chi connectivity index (χ2v) is 6.85. The smallest absolute Gasteiger partial charge is 0.405 e. The van der Waals surface area contributed by atoms with E-state index in [1.165, 1.54) is 30.3 Å². The van der Waals surface area contributed by atoms with Crippen LogP contribution in [-0.2, 0) is 6.18 Å². The zero-order valence-corrected chi connectivity index (χ0v) is 16.1. The number of benzene rings is 3. The highest BCUT2D eigenvalue weighted by atomic mass is 19.4. The van der Waals surface area contributed by atoms with Crippen LogP contribution >= 0.6 is 0 Å². The highest BCUT2D eigenvalue weighted by molar-refractivity contribution is 5.85. The van der Waals surface area contributed by atoms with Gasteiger partial charge in [0.1, 0.15) is 11.6 Å². The number of imidazole rings is 1. The van der Waals surface area contributed by atoms with Crippen LogP contribution in [0.15, 0.2) is 66.7 Å². The lowest BCUT2D eigenvalue weighted by Crippen LogP contribution is -2.17. The number of nitrogens with zero attached hydrogens (tertiary/aromatic N) is 1. The van der Waals surface area contributed by atoms with Crippen LogP contribution < -0.4 is 4.74 Å². The van der Waals surface area contributed by atoms with E-state index in [4.69, 9.17) is 0 Å². The molecular weight excluding hydrogens is 434 g/mol. The zero-order valence-electron chi connectivity index (χ0n) is 16.1. The zero-order chi connectivity index (χ0) is 22.9. The summed E-state index contributed by atoms with van der Waals surface area (Å²) in [6.07, 6.45) is -6.01. The number of H-pyrrole nitrogens is 1. The van der Waals surface area contributed by atoms with Gasteiger partial charge in [-0.25, -0.2) is 4.98 Å². The lowest BCUT2D eigenvalue weighted by molar-refractivity contribution is -0.274. The molecular formula is C23H14F6N2O. The standard InChI is InChI=1S/C23H14F6N2O/c24-22(25,26)16-9-5-14(6-10-16)7-12-21-30-18-11-8-15(13-19(18)31-21)17-3-1-2-4-20(17)32-23(27,28)29/h1-13H,(H,30,31). The number of nitrogens with one attached hydrogen (secondary N) is 1. The molecule has 0 aliphatic carbocycles. The van der Waals surface area contributed by atoms with E-state index in [-0.39, 0.29) is 11.3 Å². The van der Waals surface area contributed by atoms with E-state index < -0.39 is 18.1 Å². The molecule has 1 N–H and O–H groups in total. The summed E-state index contributed by atoms with van der Waals surface area (Å²) in [4.78, 5) is 7.43. The van der Waals surface area contributed by atoms with Gasteiger partial charge in [0.15, 0.2) is 0 Å².